The van der Waals surface area contributed by atoms with Gasteiger partial charge in [0.1, 0.15) is 18.5 Å². The van der Waals surface area contributed by atoms with E-state index in [-0.39, 0.29) is 6.17 Å². The minimum absolute atomic E-state index is 0.191. The summed E-state index contributed by atoms with van der Waals surface area (Å²) in [4.78, 5) is 0. The minimum Gasteiger partial charge on any atom is -0.493 e. The number of dihydropyridines is 1. The number of nitrogens with one attached hydrogen (secondary N) is 2. The average molecular weight is 180 g/mol. The molecule has 1 unspecified atom stereocenters. The summed E-state index contributed by atoms with van der Waals surface area (Å²) in [6.45, 7) is 6.05. The van der Waals surface area contributed by atoms with Crippen LogP contribution in [0.15, 0.2) is 23.6 Å². The summed E-state index contributed by atoms with van der Waals surface area (Å²) in [6, 6.07) is 0. The van der Waals surface area contributed by atoms with E-state index >= 15 is 0 Å². The number of ether oxygens (including phenoxy) is 1. The molecule has 1 atom stereocenters. The fourth-order valence-electron chi connectivity index (χ4n) is 1.57. The van der Waals surface area contributed by atoms with Gasteiger partial charge in [0.25, 0.3) is 0 Å². The molecule has 13 heavy (non-hydrogen) atoms. The second kappa shape index (κ2) is 3.42. The number of hydrogen-bond acceptors (Lipinski definition) is 3. The molecule has 0 aromatic carbocycles. The molecule has 3 heteroatoms. The molecule has 3 nitrogen and oxygen atoms in total. The summed E-state index contributed by atoms with van der Waals surface area (Å²) in [7, 11) is 0. The van der Waals surface area contributed by atoms with Crippen LogP contribution in [0.5, 0.6) is 0 Å². The van der Waals surface area contributed by atoms with E-state index < -0.39 is 0 Å². The van der Waals surface area contributed by atoms with E-state index in [9.17, 15) is 0 Å². The first-order valence-corrected chi connectivity index (χ1v) is 4.82. The summed E-state index contributed by atoms with van der Waals surface area (Å²) < 4.78 is 5.50. The lowest BCUT2D eigenvalue weighted by atomic mass is 10.1. The zero-order chi connectivity index (χ0) is 9.26. The summed E-state index contributed by atoms with van der Waals surface area (Å²) in [5.74, 6) is 1.55. The van der Waals surface area contributed by atoms with Crippen LogP contribution >= 0.6 is 0 Å². The van der Waals surface area contributed by atoms with Crippen LogP contribution in [-0.4, -0.2) is 19.3 Å². The first kappa shape index (κ1) is 8.63. The number of hydrogen-bond donors (Lipinski definition) is 2. The molecule has 0 amide bonds. The second-order valence-corrected chi connectivity index (χ2v) is 3.73. The summed E-state index contributed by atoms with van der Waals surface area (Å²) in [6.07, 6.45) is 4.35. The first-order valence-electron chi connectivity index (χ1n) is 4.82. The monoisotopic (exact) mass is 180 g/mol. The van der Waals surface area contributed by atoms with Gasteiger partial charge in [-0.3, -0.25) is 5.32 Å². The SMILES string of the molecule is CC(C)C1=CC=C2OCCNC2N1. The van der Waals surface area contributed by atoms with Crippen molar-refractivity contribution in [1.29, 1.82) is 0 Å². The van der Waals surface area contributed by atoms with E-state index in [1.54, 1.807) is 0 Å². The molecule has 0 aromatic heterocycles. The number of morpholine rings is 1. The van der Waals surface area contributed by atoms with E-state index in [4.69, 9.17) is 4.74 Å². The highest BCUT2D eigenvalue weighted by atomic mass is 16.5. The lowest BCUT2D eigenvalue weighted by Crippen LogP contribution is -2.50. The molecule has 2 N–H and O–H groups in total. The Morgan fingerprint density at radius 2 is 2.31 bits per heavy atom. The Labute approximate surface area is 78.8 Å². The quantitative estimate of drug-likeness (QED) is 0.630. The van der Waals surface area contributed by atoms with Gasteiger partial charge in [0.2, 0.25) is 0 Å². The molecule has 2 heterocycles. The van der Waals surface area contributed by atoms with Crippen molar-refractivity contribution in [2.45, 2.75) is 20.0 Å². The molecule has 0 spiro atoms. The van der Waals surface area contributed by atoms with E-state index in [1.807, 2.05) is 0 Å². The normalized spacial score (nSPS) is 26.8. The van der Waals surface area contributed by atoms with E-state index in [2.05, 4.69) is 36.6 Å². The van der Waals surface area contributed by atoms with Crippen molar-refractivity contribution in [2.24, 2.45) is 5.92 Å². The Hall–Kier alpha value is -0.960. The zero-order valence-electron chi connectivity index (χ0n) is 8.13. The molecule has 2 rings (SSSR count). The molecule has 0 saturated carbocycles. The molecule has 2 aliphatic rings. The average Bonchev–Trinajstić information content (AvgIpc) is 2.17. The van der Waals surface area contributed by atoms with E-state index in [0.29, 0.717) is 5.92 Å². The smallest absolute Gasteiger partial charge is 0.136 e. The summed E-state index contributed by atoms with van der Waals surface area (Å²) >= 11 is 0. The third-order valence-corrected chi connectivity index (χ3v) is 2.36. The van der Waals surface area contributed by atoms with Crippen molar-refractivity contribution in [3.8, 4) is 0 Å². The van der Waals surface area contributed by atoms with Gasteiger partial charge in [-0.25, -0.2) is 0 Å². The molecule has 0 bridgehead atoms. The van der Waals surface area contributed by atoms with Crippen LogP contribution in [0.1, 0.15) is 13.8 Å². The van der Waals surface area contributed by atoms with Gasteiger partial charge >= 0.3 is 0 Å². The van der Waals surface area contributed by atoms with Gasteiger partial charge in [0, 0.05) is 12.2 Å². The van der Waals surface area contributed by atoms with Gasteiger partial charge in [0.15, 0.2) is 0 Å². The maximum atomic E-state index is 5.50. The maximum absolute atomic E-state index is 5.50. The predicted molar refractivity (Wildman–Crippen MR) is 51.9 cm³/mol. The maximum Gasteiger partial charge on any atom is 0.136 e. The third kappa shape index (κ3) is 1.70. The van der Waals surface area contributed by atoms with Gasteiger partial charge in [-0.1, -0.05) is 13.8 Å². The number of fused-ring (bicyclic) bond motifs is 1. The molecule has 72 valence electrons. The van der Waals surface area contributed by atoms with Crippen molar-refractivity contribution >= 4 is 0 Å². The molecule has 1 saturated heterocycles. The van der Waals surface area contributed by atoms with Crippen molar-refractivity contribution in [2.75, 3.05) is 13.2 Å². The second-order valence-electron chi connectivity index (χ2n) is 3.73. The van der Waals surface area contributed by atoms with Crippen molar-refractivity contribution in [3.05, 3.63) is 23.6 Å². The van der Waals surface area contributed by atoms with Gasteiger partial charge in [-0.05, 0) is 18.1 Å². The fraction of sp³-hybridized carbons (Fsp3) is 0.600. The lowest BCUT2D eigenvalue weighted by molar-refractivity contribution is 0.137. The standard InChI is InChI=1S/C10H16N2O/c1-7(2)8-3-4-9-10(12-8)11-5-6-13-9/h3-4,7,10-12H,5-6H2,1-2H3. The van der Waals surface area contributed by atoms with Crippen LogP contribution in [-0.2, 0) is 4.74 Å². The largest absolute Gasteiger partial charge is 0.493 e. The summed E-state index contributed by atoms with van der Waals surface area (Å²) in [5, 5.41) is 6.77. The van der Waals surface area contributed by atoms with Gasteiger partial charge in [0.05, 0.1) is 0 Å². The van der Waals surface area contributed by atoms with Crippen LogP contribution in [0.2, 0.25) is 0 Å². The van der Waals surface area contributed by atoms with Crippen LogP contribution in [0.4, 0.5) is 0 Å². The summed E-state index contributed by atoms with van der Waals surface area (Å²) in [5.41, 5.74) is 1.27. The highest BCUT2D eigenvalue weighted by molar-refractivity contribution is 5.25. The van der Waals surface area contributed by atoms with Crippen molar-refractivity contribution in [3.63, 3.8) is 0 Å². The van der Waals surface area contributed by atoms with Crippen molar-refractivity contribution < 1.29 is 4.74 Å². The van der Waals surface area contributed by atoms with Gasteiger partial charge < -0.3 is 10.1 Å². The lowest BCUT2D eigenvalue weighted by Gasteiger charge is -2.32. The molecule has 0 aromatic rings. The number of allylic oxidation sites excluding steroid dienone is 3. The molecule has 0 aliphatic carbocycles. The van der Waals surface area contributed by atoms with Gasteiger partial charge in [-0.2, -0.15) is 0 Å². The molecule has 0 radical (unpaired) electrons. The topological polar surface area (TPSA) is 33.3 Å². The fourth-order valence-corrected chi connectivity index (χ4v) is 1.57. The van der Waals surface area contributed by atoms with Crippen LogP contribution in [0.25, 0.3) is 0 Å². The third-order valence-electron chi connectivity index (χ3n) is 2.36. The Bertz CT molecular complexity index is 256. The van der Waals surface area contributed by atoms with Crippen LogP contribution < -0.4 is 10.6 Å². The first-order chi connectivity index (χ1) is 6.27. The van der Waals surface area contributed by atoms with Crippen molar-refractivity contribution in [1.82, 2.24) is 10.6 Å². The van der Waals surface area contributed by atoms with E-state index in [0.717, 1.165) is 18.9 Å². The highest BCUT2D eigenvalue weighted by Gasteiger charge is 2.23. The zero-order valence-corrected chi connectivity index (χ0v) is 8.13. The van der Waals surface area contributed by atoms with Crippen LogP contribution in [0, 0.1) is 5.92 Å². The Morgan fingerprint density at radius 1 is 1.46 bits per heavy atom. The minimum atomic E-state index is 0.191. The predicted octanol–water partition coefficient (Wildman–Crippen LogP) is 0.959. The Morgan fingerprint density at radius 3 is 3.08 bits per heavy atom. The molecular formula is C10H16N2O. The Kier molecular flexibility index (Phi) is 2.27. The van der Waals surface area contributed by atoms with E-state index in [1.165, 1.54) is 5.70 Å². The number of rotatable bonds is 1. The molecular weight excluding hydrogens is 164 g/mol. The Balaban J connectivity index is 2.13. The molecule has 2 aliphatic heterocycles. The van der Waals surface area contributed by atoms with Crippen LogP contribution in [0.3, 0.4) is 0 Å². The van der Waals surface area contributed by atoms with Gasteiger partial charge in [-0.15, -0.1) is 0 Å². The molecule has 1 fully saturated rings. The highest BCUT2D eigenvalue weighted by Crippen LogP contribution is 2.17.